The van der Waals surface area contributed by atoms with E-state index in [1.165, 1.54) is 7.11 Å². The minimum atomic E-state index is -0.490. The van der Waals surface area contributed by atoms with E-state index >= 15 is 0 Å². The molecule has 9 heteroatoms. The van der Waals surface area contributed by atoms with Crippen LogP contribution in [0.2, 0.25) is 0 Å². The number of thiol groups is 1. The van der Waals surface area contributed by atoms with Crippen LogP contribution in [0.15, 0.2) is 61.1 Å². The number of nitrogens with one attached hydrogen (secondary N) is 1. The molecule has 33 heavy (non-hydrogen) atoms. The van der Waals surface area contributed by atoms with Gasteiger partial charge in [0.25, 0.3) is 0 Å². The van der Waals surface area contributed by atoms with Crippen molar-refractivity contribution >= 4 is 35.3 Å². The Hall–Kier alpha value is -3.85. The molecule has 1 aromatic carbocycles. The lowest BCUT2D eigenvalue weighted by Gasteiger charge is -2.10. The predicted molar refractivity (Wildman–Crippen MR) is 131 cm³/mol. The number of nitrogens with two attached hydrogens (primary N) is 1. The van der Waals surface area contributed by atoms with Crippen molar-refractivity contribution in [3.8, 4) is 28.1 Å². The first-order valence-electron chi connectivity index (χ1n) is 10.2. The van der Waals surface area contributed by atoms with Gasteiger partial charge in [-0.3, -0.25) is 9.97 Å². The lowest BCUT2D eigenvalue weighted by atomic mass is 9.98. The van der Waals surface area contributed by atoms with Crippen molar-refractivity contribution in [1.29, 1.82) is 0 Å². The van der Waals surface area contributed by atoms with Gasteiger partial charge in [0.05, 0.1) is 24.0 Å². The topological polar surface area (TPSA) is 112 Å². The maximum atomic E-state index is 11.6. The van der Waals surface area contributed by atoms with Gasteiger partial charge in [-0.25, -0.2) is 9.78 Å². The molecule has 4 rings (SSSR count). The molecule has 168 valence electrons. The molecule has 0 unspecified atom stereocenters. The van der Waals surface area contributed by atoms with Gasteiger partial charge in [-0.15, -0.1) is 0 Å². The van der Waals surface area contributed by atoms with Crippen molar-refractivity contribution in [2.24, 2.45) is 0 Å². The second-order valence-electron chi connectivity index (χ2n) is 7.18. The molecule has 0 fully saturated rings. The van der Waals surface area contributed by atoms with Crippen molar-refractivity contribution in [2.75, 3.05) is 25.1 Å². The van der Waals surface area contributed by atoms with Gasteiger partial charge < -0.3 is 20.5 Å². The Morgan fingerprint density at radius 3 is 2.58 bits per heavy atom. The number of nitrogens with zero attached hydrogens (tertiary/aromatic N) is 3. The molecule has 3 N–H and O–H groups in total. The van der Waals surface area contributed by atoms with Crippen LogP contribution in [-0.4, -0.2) is 40.5 Å². The predicted octanol–water partition coefficient (Wildman–Crippen LogP) is 4.11. The van der Waals surface area contributed by atoms with E-state index in [-0.39, 0.29) is 6.61 Å². The van der Waals surface area contributed by atoms with Crippen molar-refractivity contribution in [2.45, 2.75) is 6.61 Å². The summed E-state index contributed by atoms with van der Waals surface area (Å²) >= 11 is 4.04. The van der Waals surface area contributed by atoms with E-state index in [0.29, 0.717) is 29.6 Å². The monoisotopic (exact) mass is 461 g/mol. The molecule has 0 radical (unpaired) electrons. The van der Waals surface area contributed by atoms with E-state index in [2.05, 4.69) is 39.0 Å². The summed E-state index contributed by atoms with van der Waals surface area (Å²) in [6, 6.07) is 13.6. The summed E-state index contributed by atoms with van der Waals surface area (Å²) in [7, 11) is 1.54. The number of alkyl carbamates (subject to hydrolysis) is 1. The van der Waals surface area contributed by atoms with Crippen molar-refractivity contribution in [3.05, 3.63) is 66.7 Å². The molecule has 1 amide bonds. The number of hydrogen-bond acceptors (Lipinski definition) is 8. The third-order valence-corrected chi connectivity index (χ3v) is 5.24. The fourth-order valence-corrected chi connectivity index (χ4v) is 3.50. The molecule has 4 aromatic rings. The fraction of sp³-hybridized carbons (Fsp3) is 0.167. The van der Waals surface area contributed by atoms with Gasteiger partial charge in [0, 0.05) is 47.4 Å². The molecule has 0 saturated carbocycles. The summed E-state index contributed by atoms with van der Waals surface area (Å²) in [5.41, 5.74) is 11.8. The average Bonchev–Trinajstić information content (AvgIpc) is 2.85. The molecule has 3 heterocycles. The number of aromatic nitrogens is 3. The van der Waals surface area contributed by atoms with E-state index < -0.39 is 6.09 Å². The highest BCUT2D eigenvalue weighted by molar-refractivity contribution is 7.80. The summed E-state index contributed by atoms with van der Waals surface area (Å²) < 4.78 is 10.3. The van der Waals surface area contributed by atoms with Gasteiger partial charge in [0.2, 0.25) is 5.88 Å². The number of anilines is 1. The summed E-state index contributed by atoms with van der Waals surface area (Å²) in [6.45, 7) is 0.538. The first kappa shape index (κ1) is 22.3. The Balaban J connectivity index is 1.61. The molecule has 0 aliphatic rings. The van der Waals surface area contributed by atoms with Crippen molar-refractivity contribution < 1.29 is 14.3 Å². The Morgan fingerprint density at radius 2 is 1.85 bits per heavy atom. The van der Waals surface area contributed by atoms with Gasteiger partial charge in [0.1, 0.15) is 6.61 Å². The molecule has 3 aromatic heterocycles. The Bertz CT molecular complexity index is 1280. The molecule has 0 atom stereocenters. The Kier molecular flexibility index (Phi) is 6.89. The van der Waals surface area contributed by atoms with Crippen molar-refractivity contribution in [3.63, 3.8) is 0 Å². The Labute approximate surface area is 196 Å². The third-order valence-electron chi connectivity index (χ3n) is 5.02. The number of ether oxygens (including phenoxy) is 2. The van der Waals surface area contributed by atoms with Gasteiger partial charge in [-0.05, 0) is 41.5 Å². The normalized spacial score (nSPS) is 10.7. The number of benzene rings is 1. The first-order chi connectivity index (χ1) is 16.1. The Morgan fingerprint density at radius 1 is 1.03 bits per heavy atom. The molecule has 0 bridgehead atoms. The molecule has 0 aliphatic heterocycles. The minimum Gasteiger partial charge on any atom is -0.480 e. The van der Waals surface area contributed by atoms with Crippen LogP contribution in [0.5, 0.6) is 5.88 Å². The lowest BCUT2D eigenvalue weighted by molar-refractivity contribution is 0.139. The van der Waals surface area contributed by atoms with Crippen LogP contribution in [-0.2, 0) is 11.3 Å². The van der Waals surface area contributed by atoms with Crippen LogP contribution >= 0.6 is 12.6 Å². The summed E-state index contributed by atoms with van der Waals surface area (Å²) in [6.07, 6.45) is 4.78. The summed E-state index contributed by atoms with van der Waals surface area (Å²) in [5, 5.41) is 3.57. The number of nitrogen functional groups attached to an aromatic ring is 1. The zero-order valence-corrected chi connectivity index (χ0v) is 18.9. The number of fused-ring (bicyclic) bond motifs is 1. The zero-order chi connectivity index (χ0) is 23.2. The van der Waals surface area contributed by atoms with Crippen LogP contribution < -0.4 is 15.8 Å². The number of carbonyl (C=O) groups is 1. The van der Waals surface area contributed by atoms with Crippen LogP contribution in [0.1, 0.15) is 5.69 Å². The molecule has 0 spiro atoms. The molecular formula is C24H23N5O3S. The number of pyridine rings is 3. The van der Waals surface area contributed by atoms with Gasteiger partial charge >= 0.3 is 6.09 Å². The van der Waals surface area contributed by atoms with Crippen LogP contribution in [0.4, 0.5) is 10.5 Å². The quantitative estimate of drug-likeness (QED) is 0.355. The summed E-state index contributed by atoms with van der Waals surface area (Å²) in [5.74, 6) is 0.947. The van der Waals surface area contributed by atoms with Crippen molar-refractivity contribution in [1.82, 2.24) is 20.3 Å². The zero-order valence-electron chi connectivity index (χ0n) is 18.0. The highest BCUT2D eigenvalue weighted by Crippen LogP contribution is 2.32. The lowest BCUT2D eigenvalue weighted by Crippen LogP contribution is -2.26. The standard InChI is InChI=1S/C24H23N5O3S/c1-31-23-21(25)11-17(13-29-23)15-3-5-22-20(10-15)19(6-7-26-22)16-2-4-18(28-12-16)14-32-24(30)27-8-9-33/h2-7,10-13,33H,8-9,14,25H2,1H3,(H,27,30). The number of rotatable bonds is 7. The largest absolute Gasteiger partial charge is 0.480 e. The number of hydrogen-bond donors (Lipinski definition) is 3. The number of methoxy groups -OCH3 is 1. The van der Waals surface area contributed by atoms with E-state index in [4.69, 9.17) is 15.2 Å². The average molecular weight is 462 g/mol. The second kappa shape index (κ2) is 10.2. The smallest absolute Gasteiger partial charge is 0.407 e. The van der Waals surface area contributed by atoms with Crippen LogP contribution in [0.3, 0.4) is 0 Å². The second-order valence-corrected chi connectivity index (χ2v) is 7.62. The number of carbonyl (C=O) groups excluding carboxylic acids is 1. The highest BCUT2D eigenvalue weighted by atomic mass is 32.1. The first-order valence-corrected chi connectivity index (χ1v) is 10.9. The van der Waals surface area contributed by atoms with E-state index in [0.717, 1.165) is 33.2 Å². The summed E-state index contributed by atoms with van der Waals surface area (Å²) in [4.78, 5) is 24.8. The molecule has 0 aliphatic carbocycles. The molecule has 8 nitrogen and oxygen atoms in total. The van der Waals surface area contributed by atoms with E-state index in [1.54, 1.807) is 18.6 Å². The fourth-order valence-electron chi connectivity index (χ4n) is 3.39. The van der Waals surface area contributed by atoms with Gasteiger partial charge in [-0.2, -0.15) is 12.6 Å². The van der Waals surface area contributed by atoms with Gasteiger partial charge in [0.15, 0.2) is 0 Å². The SMILES string of the molecule is COc1ncc(-c2ccc3nccc(-c4ccc(COC(=O)NCCS)nc4)c3c2)cc1N. The maximum Gasteiger partial charge on any atom is 0.407 e. The van der Waals surface area contributed by atoms with Gasteiger partial charge in [-0.1, -0.05) is 12.1 Å². The third kappa shape index (κ3) is 5.15. The maximum absolute atomic E-state index is 11.6. The minimum absolute atomic E-state index is 0.0891. The number of amides is 1. The highest BCUT2D eigenvalue weighted by Gasteiger charge is 2.10. The molecule has 0 saturated heterocycles. The van der Waals surface area contributed by atoms with Crippen LogP contribution in [0.25, 0.3) is 33.2 Å². The van der Waals surface area contributed by atoms with E-state index in [9.17, 15) is 4.79 Å². The van der Waals surface area contributed by atoms with Crippen LogP contribution in [0, 0.1) is 0 Å². The molecular weight excluding hydrogens is 438 g/mol. The van der Waals surface area contributed by atoms with E-state index in [1.807, 2.05) is 36.4 Å².